The van der Waals surface area contributed by atoms with E-state index in [0.717, 1.165) is 12.0 Å². The van der Waals surface area contributed by atoms with E-state index in [9.17, 15) is 0 Å². The topological polar surface area (TPSA) is 18.5 Å². The molecule has 0 aliphatic carbocycles. The Kier molecular flexibility index (Phi) is 5.26. The first kappa shape index (κ1) is 13.3. The fraction of sp³-hybridized carbons (Fsp3) is 1.00. The van der Waals surface area contributed by atoms with E-state index in [1.165, 1.54) is 64.8 Å². The molecule has 0 spiro atoms. The third kappa shape index (κ3) is 3.94. The van der Waals surface area contributed by atoms with Gasteiger partial charge in [0, 0.05) is 6.04 Å². The van der Waals surface area contributed by atoms with Gasteiger partial charge in [0.25, 0.3) is 0 Å². The van der Waals surface area contributed by atoms with Crippen LogP contribution < -0.4 is 5.32 Å². The van der Waals surface area contributed by atoms with E-state index < -0.39 is 0 Å². The minimum absolute atomic E-state index is 0.880. The van der Waals surface area contributed by atoms with Crippen LogP contribution in [0.25, 0.3) is 0 Å². The molecule has 3 heteroatoms. The van der Waals surface area contributed by atoms with Crippen LogP contribution in [-0.2, 0) is 0 Å². The maximum Gasteiger partial charge on any atom is 0.0136 e. The van der Waals surface area contributed by atoms with Gasteiger partial charge >= 0.3 is 0 Å². The summed E-state index contributed by atoms with van der Waals surface area (Å²) in [6, 6.07) is 0.880. The highest BCUT2D eigenvalue weighted by Crippen LogP contribution is 2.28. The number of nitrogens with one attached hydrogen (secondary N) is 1. The van der Waals surface area contributed by atoms with Gasteiger partial charge in [0.15, 0.2) is 0 Å². The van der Waals surface area contributed by atoms with Gasteiger partial charge in [-0.1, -0.05) is 0 Å². The van der Waals surface area contributed by atoms with Gasteiger partial charge in [-0.15, -0.1) is 0 Å². The molecule has 0 saturated carbocycles. The molecule has 0 aromatic carbocycles. The molecule has 3 nitrogen and oxygen atoms in total. The van der Waals surface area contributed by atoms with E-state index in [1.807, 2.05) is 0 Å². The van der Waals surface area contributed by atoms with Crippen molar-refractivity contribution in [1.29, 1.82) is 0 Å². The van der Waals surface area contributed by atoms with Crippen molar-refractivity contribution >= 4 is 0 Å². The number of likely N-dealkylation sites (tertiary alicyclic amines) is 1. The van der Waals surface area contributed by atoms with Gasteiger partial charge < -0.3 is 15.1 Å². The fourth-order valence-corrected chi connectivity index (χ4v) is 3.46. The van der Waals surface area contributed by atoms with E-state index in [1.54, 1.807) is 0 Å². The zero-order chi connectivity index (χ0) is 12.1. The Morgan fingerprint density at radius 1 is 1.24 bits per heavy atom. The molecule has 1 N–H and O–H groups in total. The Labute approximate surface area is 107 Å². The quantitative estimate of drug-likeness (QED) is 0.782. The molecule has 2 fully saturated rings. The van der Waals surface area contributed by atoms with Crippen LogP contribution in [0.4, 0.5) is 0 Å². The predicted molar refractivity (Wildman–Crippen MR) is 73.4 cm³/mol. The first-order valence-corrected chi connectivity index (χ1v) is 7.37. The molecule has 2 rings (SSSR count). The summed E-state index contributed by atoms with van der Waals surface area (Å²) in [5.74, 6) is 0.922. The van der Waals surface area contributed by atoms with Crippen LogP contribution in [0, 0.1) is 5.92 Å². The Morgan fingerprint density at radius 2 is 2.12 bits per heavy atom. The van der Waals surface area contributed by atoms with Crippen LogP contribution in [0.2, 0.25) is 0 Å². The Balaban J connectivity index is 1.75. The summed E-state index contributed by atoms with van der Waals surface area (Å²) >= 11 is 0. The first-order chi connectivity index (χ1) is 8.27. The van der Waals surface area contributed by atoms with Crippen molar-refractivity contribution in [2.45, 2.75) is 38.1 Å². The van der Waals surface area contributed by atoms with Crippen LogP contribution in [0.1, 0.15) is 32.1 Å². The average molecular weight is 239 g/mol. The monoisotopic (exact) mass is 239 g/mol. The highest BCUT2D eigenvalue weighted by molar-refractivity contribution is 4.87. The maximum atomic E-state index is 3.57. The number of nitrogens with zero attached hydrogens (tertiary/aromatic N) is 2. The molecule has 2 heterocycles. The zero-order valence-corrected chi connectivity index (χ0v) is 11.6. The van der Waals surface area contributed by atoms with Gasteiger partial charge in [0.05, 0.1) is 0 Å². The minimum Gasteiger partial charge on any atom is -0.316 e. The molecule has 2 unspecified atom stereocenters. The van der Waals surface area contributed by atoms with Crippen molar-refractivity contribution in [2.24, 2.45) is 5.92 Å². The smallest absolute Gasteiger partial charge is 0.0136 e. The van der Waals surface area contributed by atoms with Gasteiger partial charge in [-0.25, -0.2) is 0 Å². The lowest BCUT2D eigenvalue weighted by atomic mass is 9.90. The summed E-state index contributed by atoms with van der Waals surface area (Å²) in [6.07, 6.45) is 7.01. The molecule has 0 amide bonds. The fourth-order valence-electron chi connectivity index (χ4n) is 3.46. The standard InChI is InChI=1S/C14H29N3/c1-16(2)9-5-11-17-10-4-7-14(17)13-6-3-8-15-12-13/h13-15H,3-12H2,1-2H3. The molecule has 0 bridgehead atoms. The van der Waals surface area contributed by atoms with Crippen LogP contribution in [-0.4, -0.2) is 62.7 Å². The molecule has 17 heavy (non-hydrogen) atoms. The van der Waals surface area contributed by atoms with Crippen LogP contribution in [0.15, 0.2) is 0 Å². The van der Waals surface area contributed by atoms with Crippen molar-refractivity contribution in [3.63, 3.8) is 0 Å². The van der Waals surface area contributed by atoms with E-state index in [-0.39, 0.29) is 0 Å². The van der Waals surface area contributed by atoms with Gasteiger partial charge in [-0.05, 0) is 84.8 Å². The molecule has 2 aliphatic heterocycles. The molecule has 2 atom stereocenters. The third-order valence-electron chi connectivity index (χ3n) is 4.34. The molecule has 0 radical (unpaired) electrons. The van der Waals surface area contributed by atoms with Gasteiger partial charge in [0.1, 0.15) is 0 Å². The van der Waals surface area contributed by atoms with Crippen molar-refractivity contribution in [2.75, 3.05) is 46.8 Å². The summed E-state index contributed by atoms with van der Waals surface area (Å²) in [5.41, 5.74) is 0. The van der Waals surface area contributed by atoms with Crippen molar-refractivity contribution in [3.05, 3.63) is 0 Å². The first-order valence-electron chi connectivity index (χ1n) is 7.37. The molecule has 100 valence electrons. The van der Waals surface area contributed by atoms with Crippen molar-refractivity contribution in [3.8, 4) is 0 Å². The summed E-state index contributed by atoms with van der Waals surface area (Å²) < 4.78 is 0. The minimum atomic E-state index is 0.880. The second-order valence-corrected chi connectivity index (χ2v) is 6.01. The van der Waals surface area contributed by atoms with Crippen LogP contribution in [0.5, 0.6) is 0 Å². The second kappa shape index (κ2) is 6.72. The number of hydrogen-bond acceptors (Lipinski definition) is 3. The average Bonchev–Trinajstić information content (AvgIpc) is 2.78. The maximum absolute atomic E-state index is 3.57. The molecular weight excluding hydrogens is 210 g/mol. The Hall–Kier alpha value is -0.120. The van der Waals surface area contributed by atoms with E-state index in [4.69, 9.17) is 0 Å². The van der Waals surface area contributed by atoms with Crippen LogP contribution >= 0.6 is 0 Å². The number of hydrogen-bond donors (Lipinski definition) is 1. The molecular formula is C14H29N3. The van der Waals surface area contributed by atoms with E-state index >= 15 is 0 Å². The zero-order valence-electron chi connectivity index (χ0n) is 11.6. The lowest BCUT2D eigenvalue weighted by molar-refractivity contribution is 0.160. The highest BCUT2D eigenvalue weighted by atomic mass is 15.2. The van der Waals surface area contributed by atoms with Gasteiger partial charge in [-0.2, -0.15) is 0 Å². The molecule has 2 aliphatic rings. The van der Waals surface area contributed by atoms with Crippen LogP contribution in [0.3, 0.4) is 0 Å². The molecule has 0 aromatic rings. The highest BCUT2D eigenvalue weighted by Gasteiger charge is 2.31. The normalized spacial score (nSPS) is 31.2. The second-order valence-electron chi connectivity index (χ2n) is 6.01. The third-order valence-corrected chi connectivity index (χ3v) is 4.34. The largest absolute Gasteiger partial charge is 0.316 e. The van der Waals surface area contributed by atoms with Gasteiger partial charge in [-0.3, -0.25) is 0 Å². The summed E-state index contributed by atoms with van der Waals surface area (Å²) in [6.45, 7) is 6.37. The SMILES string of the molecule is CN(C)CCCN1CCCC1C1CCCNC1. The lowest BCUT2D eigenvalue weighted by Crippen LogP contribution is -2.43. The molecule has 0 aromatic heterocycles. The Bertz CT molecular complexity index is 212. The number of piperidine rings is 1. The van der Waals surface area contributed by atoms with Crippen molar-refractivity contribution in [1.82, 2.24) is 15.1 Å². The lowest BCUT2D eigenvalue weighted by Gasteiger charge is -2.34. The number of rotatable bonds is 5. The van der Waals surface area contributed by atoms with Crippen molar-refractivity contribution < 1.29 is 0 Å². The summed E-state index contributed by atoms with van der Waals surface area (Å²) in [5, 5.41) is 3.57. The summed E-state index contributed by atoms with van der Waals surface area (Å²) in [7, 11) is 4.35. The van der Waals surface area contributed by atoms with E-state index in [0.29, 0.717) is 0 Å². The summed E-state index contributed by atoms with van der Waals surface area (Å²) in [4.78, 5) is 5.06. The molecule has 2 saturated heterocycles. The van der Waals surface area contributed by atoms with E-state index in [2.05, 4.69) is 29.2 Å². The van der Waals surface area contributed by atoms with Gasteiger partial charge in [0.2, 0.25) is 0 Å². The Morgan fingerprint density at radius 3 is 2.82 bits per heavy atom. The predicted octanol–water partition coefficient (Wildman–Crippen LogP) is 1.40.